The zero-order valence-corrected chi connectivity index (χ0v) is 10.9. The monoisotopic (exact) mass is 236 g/mol. The van der Waals surface area contributed by atoms with Gasteiger partial charge in [-0.1, -0.05) is 13.3 Å². The van der Waals surface area contributed by atoms with E-state index in [4.69, 9.17) is 4.74 Å². The van der Waals surface area contributed by atoms with Crippen molar-refractivity contribution < 1.29 is 4.74 Å². The minimum Gasteiger partial charge on any atom is -0.378 e. The highest BCUT2D eigenvalue weighted by molar-refractivity contribution is 5.13. The smallest absolute Gasteiger partial charge is 0.109 e. The third-order valence-electron chi connectivity index (χ3n) is 4.38. The molecule has 0 heterocycles. The Bertz CT molecular complexity index is 282. The number of nitrogens with zero attached hydrogens (tertiary/aromatic N) is 1. The number of nitrogens with one attached hydrogen (secondary N) is 1. The second-order valence-corrected chi connectivity index (χ2v) is 5.42. The molecule has 96 valence electrons. The highest BCUT2D eigenvalue weighted by atomic mass is 16.5. The maximum atomic E-state index is 9.43. The van der Waals surface area contributed by atoms with Crippen molar-refractivity contribution in [2.24, 2.45) is 5.92 Å². The Balaban J connectivity index is 1.79. The van der Waals surface area contributed by atoms with Gasteiger partial charge in [0.2, 0.25) is 0 Å². The molecule has 0 amide bonds. The molecule has 0 aliphatic heterocycles. The molecule has 3 nitrogen and oxygen atoms in total. The largest absolute Gasteiger partial charge is 0.378 e. The van der Waals surface area contributed by atoms with Crippen molar-refractivity contribution in [2.75, 3.05) is 13.2 Å². The molecule has 17 heavy (non-hydrogen) atoms. The van der Waals surface area contributed by atoms with Gasteiger partial charge in [0.15, 0.2) is 0 Å². The van der Waals surface area contributed by atoms with Crippen LogP contribution in [0.1, 0.15) is 51.9 Å². The predicted molar refractivity (Wildman–Crippen MR) is 67.6 cm³/mol. The molecule has 3 heteroatoms. The van der Waals surface area contributed by atoms with E-state index in [9.17, 15) is 5.26 Å². The Morgan fingerprint density at radius 1 is 1.35 bits per heavy atom. The number of hydrogen-bond donors (Lipinski definition) is 1. The van der Waals surface area contributed by atoms with Crippen molar-refractivity contribution in [3.8, 4) is 6.07 Å². The average Bonchev–Trinajstić information content (AvgIpc) is 2.66. The van der Waals surface area contributed by atoms with Gasteiger partial charge in [-0.25, -0.2) is 0 Å². The number of rotatable bonds is 6. The maximum Gasteiger partial charge on any atom is 0.109 e. The van der Waals surface area contributed by atoms with Gasteiger partial charge in [0, 0.05) is 6.61 Å². The van der Waals surface area contributed by atoms with Gasteiger partial charge in [0.1, 0.15) is 5.54 Å². The molecule has 0 spiro atoms. The summed E-state index contributed by atoms with van der Waals surface area (Å²) < 4.78 is 5.82. The molecule has 0 aromatic heterocycles. The highest BCUT2D eigenvalue weighted by Crippen LogP contribution is 2.37. The molecular formula is C14H24N2O. The van der Waals surface area contributed by atoms with E-state index >= 15 is 0 Å². The van der Waals surface area contributed by atoms with Gasteiger partial charge in [-0.2, -0.15) is 5.26 Å². The van der Waals surface area contributed by atoms with Crippen LogP contribution in [-0.4, -0.2) is 24.8 Å². The van der Waals surface area contributed by atoms with Gasteiger partial charge >= 0.3 is 0 Å². The summed E-state index contributed by atoms with van der Waals surface area (Å²) in [6.45, 7) is 3.80. The van der Waals surface area contributed by atoms with Gasteiger partial charge in [-0.3, -0.25) is 5.32 Å². The second kappa shape index (κ2) is 5.84. The first-order chi connectivity index (χ1) is 8.30. The van der Waals surface area contributed by atoms with Gasteiger partial charge in [0.25, 0.3) is 0 Å². The van der Waals surface area contributed by atoms with Gasteiger partial charge < -0.3 is 4.74 Å². The van der Waals surface area contributed by atoms with Crippen molar-refractivity contribution in [1.29, 1.82) is 5.26 Å². The number of nitriles is 1. The number of hydrogen-bond acceptors (Lipinski definition) is 3. The fourth-order valence-corrected chi connectivity index (χ4v) is 3.12. The minimum absolute atomic E-state index is 0.266. The van der Waals surface area contributed by atoms with E-state index in [0.717, 1.165) is 26.0 Å². The minimum atomic E-state index is -0.266. The standard InChI is InChI=1S/C14H24N2O/c1-2-16-14(11-15)9-4-5-12(14)8-10-17-13-6-3-7-13/h12-13,16H,2-10H2,1H3. The zero-order chi connectivity index (χ0) is 12.1. The van der Waals surface area contributed by atoms with E-state index in [1.807, 2.05) is 0 Å². The molecule has 0 bridgehead atoms. The lowest BCUT2D eigenvalue weighted by atomic mass is 9.86. The second-order valence-electron chi connectivity index (χ2n) is 5.42. The van der Waals surface area contributed by atoms with Crippen LogP contribution in [-0.2, 0) is 4.74 Å². The fourth-order valence-electron chi connectivity index (χ4n) is 3.12. The summed E-state index contributed by atoms with van der Waals surface area (Å²) in [6.07, 6.45) is 8.72. The van der Waals surface area contributed by atoms with Crippen LogP contribution < -0.4 is 5.32 Å². The van der Waals surface area contributed by atoms with Crippen LogP contribution in [0.15, 0.2) is 0 Å². The van der Waals surface area contributed by atoms with E-state index in [-0.39, 0.29) is 5.54 Å². The number of ether oxygens (including phenoxy) is 1. The van der Waals surface area contributed by atoms with E-state index in [1.54, 1.807) is 0 Å². The first-order valence-corrected chi connectivity index (χ1v) is 7.08. The van der Waals surface area contributed by atoms with Crippen molar-refractivity contribution >= 4 is 0 Å². The summed E-state index contributed by atoms with van der Waals surface area (Å²) in [6, 6.07) is 2.53. The van der Waals surface area contributed by atoms with Gasteiger partial charge in [-0.15, -0.1) is 0 Å². The van der Waals surface area contributed by atoms with E-state index < -0.39 is 0 Å². The molecule has 0 saturated heterocycles. The lowest BCUT2D eigenvalue weighted by Gasteiger charge is -2.31. The topological polar surface area (TPSA) is 45.0 Å². The summed E-state index contributed by atoms with van der Waals surface area (Å²) in [7, 11) is 0. The molecule has 2 aliphatic carbocycles. The summed E-state index contributed by atoms with van der Waals surface area (Å²) in [4.78, 5) is 0. The van der Waals surface area contributed by atoms with Crippen LogP contribution in [0, 0.1) is 17.2 Å². The Kier molecular flexibility index (Phi) is 4.42. The first-order valence-electron chi connectivity index (χ1n) is 7.08. The summed E-state index contributed by atoms with van der Waals surface area (Å²) in [5.74, 6) is 0.479. The molecule has 2 fully saturated rings. The molecule has 2 rings (SSSR count). The van der Waals surface area contributed by atoms with Crippen LogP contribution in [0.4, 0.5) is 0 Å². The highest BCUT2D eigenvalue weighted by Gasteiger charge is 2.42. The van der Waals surface area contributed by atoms with Crippen molar-refractivity contribution in [3.05, 3.63) is 0 Å². The lowest BCUT2D eigenvalue weighted by Crippen LogP contribution is -2.47. The third-order valence-corrected chi connectivity index (χ3v) is 4.38. The maximum absolute atomic E-state index is 9.43. The normalized spacial score (nSPS) is 33.3. The lowest BCUT2D eigenvalue weighted by molar-refractivity contribution is -0.00590. The molecule has 1 N–H and O–H groups in total. The predicted octanol–water partition coefficient (Wildman–Crippen LogP) is 2.62. The summed E-state index contributed by atoms with van der Waals surface area (Å²) in [5.41, 5.74) is -0.266. The molecule has 2 atom stereocenters. The average molecular weight is 236 g/mol. The SMILES string of the molecule is CCNC1(C#N)CCCC1CCOC1CCC1. The molecule has 2 unspecified atom stereocenters. The molecule has 2 aliphatic rings. The molecule has 0 radical (unpaired) electrons. The Morgan fingerprint density at radius 2 is 2.18 bits per heavy atom. The Labute approximate surface area is 105 Å². The van der Waals surface area contributed by atoms with Crippen LogP contribution >= 0.6 is 0 Å². The summed E-state index contributed by atoms with van der Waals surface area (Å²) >= 11 is 0. The Morgan fingerprint density at radius 3 is 2.76 bits per heavy atom. The van der Waals surface area contributed by atoms with Crippen LogP contribution in [0.5, 0.6) is 0 Å². The molecule has 0 aromatic carbocycles. The van der Waals surface area contributed by atoms with Crippen molar-refractivity contribution in [3.63, 3.8) is 0 Å². The molecule has 0 aromatic rings. The van der Waals surface area contributed by atoms with Gasteiger partial charge in [0.05, 0.1) is 12.2 Å². The fraction of sp³-hybridized carbons (Fsp3) is 0.929. The summed E-state index contributed by atoms with van der Waals surface area (Å²) in [5, 5.41) is 12.8. The van der Waals surface area contributed by atoms with Crippen molar-refractivity contribution in [2.45, 2.75) is 63.5 Å². The van der Waals surface area contributed by atoms with Crippen LogP contribution in [0.3, 0.4) is 0 Å². The van der Waals surface area contributed by atoms with Crippen molar-refractivity contribution in [1.82, 2.24) is 5.32 Å². The first kappa shape index (κ1) is 12.9. The van der Waals surface area contributed by atoms with E-state index in [0.29, 0.717) is 12.0 Å². The van der Waals surface area contributed by atoms with E-state index in [1.165, 1.54) is 32.1 Å². The quantitative estimate of drug-likeness (QED) is 0.771. The van der Waals surface area contributed by atoms with Crippen LogP contribution in [0.25, 0.3) is 0 Å². The third kappa shape index (κ3) is 2.81. The van der Waals surface area contributed by atoms with Gasteiger partial charge in [-0.05, 0) is 51.0 Å². The van der Waals surface area contributed by atoms with Crippen LogP contribution in [0.2, 0.25) is 0 Å². The molecule has 2 saturated carbocycles. The Hall–Kier alpha value is -0.590. The molecular weight excluding hydrogens is 212 g/mol. The zero-order valence-electron chi connectivity index (χ0n) is 10.9. The van der Waals surface area contributed by atoms with E-state index in [2.05, 4.69) is 18.3 Å².